The minimum absolute atomic E-state index is 0.342. The van der Waals surface area contributed by atoms with Crippen molar-refractivity contribution in [3.05, 3.63) is 22.7 Å². The Morgan fingerprint density at radius 3 is 2.65 bits per heavy atom. The number of carboxylic acid groups (broad SMARTS) is 1. The molecule has 1 heterocycles. The number of carboxylic acids is 1. The van der Waals surface area contributed by atoms with E-state index in [1.54, 1.807) is 25.3 Å². The first-order chi connectivity index (χ1) is 9.51. The van der Waals surface area contributed by atoms with Gasteiger partial charge in [-0.05, 0) is 47.0 Å². The zero-order chi connectivity index (χ0) is 14.7. The third-order valence-electron chi connectivity index (χ3n) is 3.01. The van der Waals surface area contributed by atoms with Crippen LogP contribution in [0.5, 0.6) is 5.75 Å². The molecule has 1 aromatic carbocycles. The van der Waals surface area contributed by atoms with Crippen molar-refractivity contribution in [1.29, 1.82) is 0 Å². The Morgan fingerprint density at radius 1 is 1.40 bits per heavy atom. The average Bonchev–Trinajstić information content (AvgIpc) is 2.88. The molecule has 0 saturated carbocycles. The van der Waals surface area contributed by atoms with E-state index in [-0.39, 0.29) is 5.91 Å². The molecule has 2 unspecified atom stereocenters. The van der Waals surface area contributed by atoms with Gasteiger partial charge in [0.2, 0.25) is 0 Å². The van der Waals surface area contributed by atoms with Gasteiger partial charge in [0.1, 0.15) is 11.9 Å². The lowest BCUT2D eigenvalue weighted by atomic mass is 10.2. The van der Waals surface area contributed by atoms with Gasteiger partial charge in [-0.2, -0.15) is 0 Å². The third kappa shape index (κ3) is 3.29. The van der Waals surface area contributed by atoms with Crippen LogP contribution in [-0.4, -0.2) is 36.3 Å². The molecule has 2 N–H and O–H groups in total. The summed E-state index contributed by atoms with van der Waals surface area (Å²) in [6, 6.07) is 5.13. The molecule has 0 aliphatic carbocycles. The van der Waals surface area contributed by atoms with E-state index >= 15 is 0 Å². The normalized spacial score (nSPS) is 21.5. The first kappa shape index (κ1) is 14.8. The number of methoxy groups -OCH3 is 1. The fraction of sp³-hybridized carbons (Fsp3) is 0.385. The second kappa shape index (κ2) is 6.23. The van der Waals surface area contributed by atoms with Gasteiger partial charge in [-0.1, -0.05) is 0 Å². The monoisotopic (exact) mass is 343 g/mol. The number of ether oxygens (including phenoxy) is 2. The minimum Gasteiger partial charge on any atom is -0.496 e. The summed E-state index contributed by atoms with van der Waals surface area (Å²) in [5.41, 5.74) is 0.588. The van der Waals surface area contributed by atoms with E-state index in [0.717, 1.165) is 0 Å². The molecule has 0 bridgehead atoms. The summed E-state index contributed by atoms with van der Waals surface area (Å²) in [6.07, 6.45) is -0.870. The Hall–Kier alpha value is -1.60. The number of benzene rings is 1. The molecule has 108 valence electrons. The van der Waals surface area contributed by atoms with Gasteiger partial charge in [-0.3, -0.25) is 4.79 Å². The van der Waals surface area contributed by atoms with Crippen molar-refractivity contribution in [3.8, 4) is 5.75 Å². The first-order valence-electron chi connectivity index (χ1n) is 6.04. The first-order valence-corrected chi connectivity index (χ1v) is 6.83. The molecule has 1 aliphatic heterocycles. The maximum absolute atomic E-state index is 12.0. The molecular formula is C13H14BrNO5. The van der Waals surface area contributed by atoms with E-state index in [0.29, 0.717) is 28.8 Å². The maximum atomic E-state index is 12.0. The predicted octanol–water partition coefficient (Wildman–Crippen LogP) is 2.03. The van der Waals surface area contributed by atoms with E-state index in [2.05, 4.69) is 21.2 Å². The van der Waals surface area contributed by atoms with Crippen molar-refractivity contribution in [2.75, 3.05) is 12.4 Å². The van der Waals surface area contributed by atoms with Crippen LogP contribution in [0, 0.1) is 0 Å². The van der Waals surface area contributed by atoms with Crippen LogP contribution >= 0.6 is 15.9 Å². The van der Waals surface area contributed by atoms with Gasteiger partial charge >= 0.3 is 5.97 Å². The molecule has 20 heavy (non-hydrogen) atoms. The highest BCUT2D eigenvalue weighted by atomic mass is 79.9. The number of aliphatic carboxylic acids is 1. The fourth-order valence-corrected chi connectivity index (χ4v) is 2.52. The van der Waals surface area contributed by atoms with Crippen molar-refractivity contribution < 1.29 is 24.2 Å². The van der Waals surface area contributed by atoms with Crippen molar-refractivity contribution in [1.82, 2.24) is 0 Å². The lowest BCUT2D eigenvalue weighted by Crippen LogP contribution is -2.29. The number of hydrogen-bond acceptors (Lipinski definition) is 4. The molecule has 1 amide bonds. The smallest absolute Gasteiger partial charge is 0.332 e. The largest absolute Gasteiger partial charge is 0.496 e. The molecule has 0 radical (unpaired) electrons. The SMILES string of the molecule is COc1ccc(NC(=O)C2CCC(C(=O)O)O2)cc1Br. The molecular weight excluding hydrogens is 330 g/mol. The van der Waals surface area contributed by atoms with Crippen LogP contribution in [0.1, 0.15) is 12.8 Å². The fourth-order valence-electron chi connectivity index (χ4n) is 1.98. The van der Waals surface area contributed by atoms with E-state index in [1.165, 1.54) is 0 Å². The minimum atomic E-state index is -1.03. The second-order valence-electron chi connectivity index (χ2n) is 4.37. The van der Waals surface area contributed by atoms with Crippen LogP contribution in [0.3, 0.4) is 0 Å². The Balaban J connectivity index is 1.98. The summed E-state index contributed by atoms with van der Waals surface area (Å²) >= 11 is 3.32. The average molecular weight is 344 g/mol. The lowest BCUT2D eigenvalue weighted by molar-refractivity contribution is -0.150. The van der Waals surface area contributed by atoms with Gasteiger partial charge in [0.15, 0.2) is 6.10 Å². The summed E-state index contributed by atoms with van der Waals surface area (Å²) in [5, 5.41) is 11.5. The molecule has 1 aromatic rings. The summed E-state index contributed by atoms with van der Waals surface area (Å²) in [4.78, 5) is 22.7. The van der Waals surface area contributed by atoms with Gasteiger partial charge in [0.25, 0.3) is 5.91 Å². The van der Waals surface area contributed by atoms with E-state index in [4.69, 9.17) is 14.6 Å². The topological polar surface area (TPSA) is 84.9 Å². The van der Waals surface area contributed by atoms with E-state index in [9.17, 15) is 9.59 Å². The van der Waals surface area contributed by atoms with E-state index < -0.39 is 18.2 Å². The van der Waals surface area contributed by atoms with Gasteiger partial charge in [0, 0.05) is 5.69 Å². The van der Waals surface area contributed by atoms with Crippen LogP contribution in [0.2, 0.25) is 0 Å². The predicted molar refractivity (Wildman–Crippen MR) is 74.9 cm³/mol. The molecule has 1 saturated heterocycles. The molecule has 1 aliphatic rings. The molecule has 2 rings (SSSR count). The van der Waals surface area contributed by atoms with Crippen LogP contribution in [0.4, 0.5) is 5.69 Å². The number of nitrogens with one attached hydrogen (secondary N) is 1. The molecule has 0 aromatic heterocycles. The number of rotatable bonds is 4. The summed E-state index contributed by atoms with van der Waals surface area (Å²) in [7, 11) is 1.55. The van der Waals surface area contributed by atoms with Crippen LogP contribution in [0.15, 0.2) is 22.7 Å². The zero-order valence-electron chi connectivity index (χ0n) is 10.8. The van der Waals surface area contributed by atoms with Crippen LogP contribution in [-0.2, 0) is 14.3 Å². The van der Waals surface area contributed by atoms with Crippen molar-refractivity contribution >= 4 is 33.5 Å². The van der Waals surface area contributed by atoms with Gasteiger partial charge in [-0.25, -0.2) is 4.79 Å². The molecule has 1 fully saturated rings. The Bertz CT molecular complexity index is 533. The standard InChI is InChI=1S/C13H14BrNO5/c1-19-9-3-2-7(6-8(9)14)15-12(16)10-4-5-11(20-10)13(17)18/h2-3,6,10-11H,4-5H2,1H3,(H,15,16)(H,17,18). The van der Waals surface area contributed by atoms with Gasteiger partial charge < -0.3 is 19.9 Å². The summed E-state index contributed by atoms with van der Waals surface area (Å²) < 4.78 is 11.0. The quantitative estimate of drug-likeness (QED) is 0.873. The number of carbonyl (C=O) groups is 2. The molecule has 7 heteroatoms. The second-order valence-corrected chi connectivity index (χ2v) is 5.22. The lowest BCUT2D eigenvalue weighted by Gasteiger charge is -2.12. The Morgan fingerprint density at radius 2 is 2.10 bits per heavy atom. The summed E-state index contributed by atoms with van der Waals surface area (Å²) in [6.45, 7) is 0. The number of hydrogen-bond donors (Lipinski definition) is 2. The number of carbonyl (C=O) groups excluding carboxylic acids is 1. The highest BCUT2D eigenvalue weighted by Gasteiger charge is 2.34. The highest BCUT2D eigenvalue weighted by Crippen LogP contribution is 2.28. The van der Waals surface area contributed by atoms with Gasteiger partial charge in [-0.15, -0.1) is 0 Å². The van der Waals surface area contributed by atoms with Crippen molar-refractivity contribution in [2.45, 2.75) is 25.0 Å². The van der Waals surface area contributed by atoms with Crippen molar-refractivity contribution in [3.63, 3.8) is 0 Å². The summed E-state index contributed by atoms with van der Waals surface area (Å²) in [5.74, 6) is -0.718. The Labute approximate surface area is 124 Å². The molecule has 6 nitrogen and oxygen atoms in total. The number of anilines is 1. The highest BCUT2D eigenvalue weighted by molar-refractivity contribution is 9.10. The molecule has 2 atom stereocenters. The zero-order valence-corrected chi connectivity index (χ0v) is 12.3. The molecule has 0 spiro atoms. The number of halogens is 1. The maximum Gasteiger partial charge on any atom is 0.332 e. The van der Waals surface area contributed by atoms with Crippen LogP contribution < -0.4 is 10.1 Å². The van der Waals surface area contributed by atoms with Crippen molar-refractivity contribution in [2.24, 2.45) is 0 Å². The van der Waals surface area contributed by atoms with E-state index in [1.807, 2.05) is 0 Å². The Kier molecular flexibility index (Phi) is 4.61. The number of amides is 1. The van der Waals surface area contributed by atoms with Gasteiger partial charge in [0.05, 0.1) is 11.6 Å². The van der Waals surface area contributed by atoms with Crippen LogP contribution in [0.25, 0.3) is 0 Å². The third-order valence-corrected chi connectivity index (χ3v) is 3.63.